The third-order valence-electron chi connectivity index (χ3n) is 4.72. The quantitative estimate of drug-likeness (QED) is 0.336. The number of halogens is 7. The average Bonchev–Trinajstić information content (AvgIpc) is 3.08. The lowest BCUT2D eigenvalue weighted by atomic mass is 10.1. The predicted octanol–water partition coefficient (Wildman–Crippen LogP) is 6.25. The lowest BCUT2D eigenvalue weighted by molar-refractivity contribution is -0.142. The molecule has 1 aromatic carbocycles. The van der Waals surface area contributed by atoms with Gasteiger partial charge in [0.15, 0.2) is 11.3 Å². The molecular weight excluding hydrogens is 441 g/mol. The molecule has 11 heteroatoms. The smallest absolute Gasteiger partial charge is 0.258 e. The fraction of sp³-hybridized carbons (Fsp3) is 0.190. The van der Waals surface area contributed by atoms with Crippen molar-refractivity contribution in [1.29, 1.82) is 0 Å². The molecule has 4 nitrogen and oxygen atoms in total. The van der Waals surface area contributed by atoms with Crippen molar-refractivity contribution in [1.82, 2.24) is 19.6 Å². The van der Waals surface area contributed by atoms with Crippen LogP contribution in [0.25, 0.3) is 28.0 Å². The number of rotatable bonds is 2. The Morgan fingerprint density at radius 2 is 1.44 bits per heavy atom. The Hall–Kier alpha value is -3.50. The Bertz CT molecular complexity index is 1320. The second-order valence-electron chi connectivity index (χ2n) is 7.15. The maximum absolute atomic E-state index is 14.1. The molecule has 0 spiro atoms. The van der Waals surface area contributed by atoms with E-state index in [-0.39, 0.29) is 22.5 Å². The largest absolute Gasteiger partial charge is 0.433 e. The second kappa shape index (κ2) is 7.28. The van der Waals surface area contributed by atoms with Gasteiger partial charge in [-0.05, 0) is 49.7 Å². The Kier molecular flexibility index (Phi) is 4.94. The summed E-state index contributed by atoms with van der Waals surface area (Å²) in [5, 5.41) is 3.81. The van der Waals surface area contributed by atoms with Crippen LogP contribution < -0.4 is 0 Å². The molecule has 0 unspecified atom stereocenters. The normalized spacial score (nSPS) is 12.5. The minimum absolute atomic E-state index is 0.180. The molecule has 0 amide bonds. The van der Waals surface area contributed by atoms with Crippen molar-refractivity contribution in [2.75, 3.05) is 0 Å². The van der Waals surface area contributed by atoms with Gasteiger partial charge in [0, 0.05) is 22.5 Å². The van der Waals surface area contributed by atoms with Gasteiger partial charge in [-0.3, -0.25) is 4.98 Å². The molecular formula is C21H13F7N4. The van der Waals surface area contributed by atoms with Gasteiger partial charge < -0.3 is 0 Å². The molecule has 4 rings (SSSR count). The van der Waals surface area contributed by atoms with Crippen molar-refractivity contribution in [2.24, 2.45) is 0 Å². The number of hydrogen-bond donors (Lipinski definition) is 0. The lowest BCUT2D eigenvalue weighted by Crippen LogP contribution is -2.14. The molecule has 0 aliphatic heterocycles. The zero-order chi connectivity index (χ0) is 23.4. The van der Waals surface area contributed by atoms with E-state index in [0.29, 0.717) is 39.7 Å². The van der Waals surface area contributed by atoms with Crippen LogP contribution in [0.4, 0.5) is 30.7 Å². The monoisotopic (exact) mass is 454 g/mol. The van der Waals surface area contributed by atoms with Crippen molar-refractivity contribution in [3.8, 4) is 22.4 Å². The van der Waals surface area contributed by atoms with Gasteiger partial charge in [0.1, 0.15) is 5.82 Å². The third-order valence-corrected chi connectivity index (χ3v) is 4.72. The van der Waals surface area contributed by atoms with Crippen molar-refractivity contribution >= 4 is 5.65 Å². The summed E-state index contributed by atoms with van der Waals surface area (Å²) in [4.78, 5) is 8.40. The summed E-state index contributed by atoms with van der Waals surface area (Å²) in [6.45, 7) is 3.43. The molecule has 0 bridgehead atoms. The van der Waals surface area contributed by atoms with Crippen LogP contribution in [0, 0.1) is 19.7 Å². The Morgan fingerprint density at radius 3 is 2.00 bits per heavy atom. The predicted molar refractivity (Wildman–Crippen MR) is 101 cm³/mol. The minimum Gasteiger partial charge on any atom is -0.258 e. The SMILES string of the molecule is Cc1cc(-c2cnn3c(C(F)(F)F)cc(-c4ccc(C(F)(F)F)c(F)c4)nc23)cc(C)n1. The van der Waals surface area contributed by atoms with Crippen LogP contribution in [0.2, 0.25) is 0 Å². The number of hydrogen-bond acceptors (Lipinski definition) is 3. The summed E-state index contributed by atoms with van der Waals surface area (Å²) in [7, 11) is 0. The molecule has 4 aromatic rings. The fourth-order valence-corrected chi connectivity index (χ4v) is 3.41. The van der Waals surface area contributed by atoms with E-state index in [1.807, 2.05) is 0 Å². The highest BCUT2D eigenvalue weighted by Crippen LogP contribution is 2.37. The van der Waals surface area contributed by atoms with Crippen LogP contribution in [0.3, 0.4) is 0 Å². The van der Waals surface area contributed by atoms with Crippen LogP contribution >= 0.6 is 0 Å². The van der Waals surface area contributed by atoms with Crippen LogP contribution in [0.15, 0.2) is 42.6 Å². The maximum atomic E-state index is 14.1. The van der Waals surface area contributed by atoms with Crippen molar-refractivity contribution in [3.05, 3.63) is 71.1 Å². The molecule has 0 N–H and O–H groups in total. The van der Waals surface area contributed by atoms with Crippen molar-refractivity contribution in [2.45, 2.75) is 26.2 Å². The summed E-state index contributed by atoms with van der Waals surface area (Å²) in [6, 6.07) is 5.76. The fourth-order valence-electron chi connectivity index (χ4n) is 3.41. The molecule has 166 valence electrons. The van der Waals surface area contributed by atoms with Gasteiger partial charge in [-0.15, -0.1) is 0 Å². The highest BCUT2D eigenvalue weighted by molar-refractivity contribution is 5.79. The van der Waals surface area contributed by atoms with E-state index in [1.165, 1.54) is 6.20 Å². The van der Waals surface area contributed by atoms with Gasteiger partial charge in [0.25, 0.3) is 0 Å². The van der Waals surface area contributed by atoms with Gasteiger partial charge >= 0.3 is 12.4 Å². The third kappa shape index (κ3) is 3.90. The summed E-state index contributed by atoms with van der Waals surface area (Å²) in [5.41, 5.74) is -1.47. The van der Waals surface area contributed by atoms with Crippen LogP contribution in [-0.2, 0) is 12.4 Å². The van der Waals surface area contributed by atoms with Crippen LogP contribution in [0.5, 0.6) is 0 Å². The molecule has 0 saturated heterocycles. The van der Waals surface area contributed by atoms with E-state index in [9.17, 15) is 30.7 Å². The highest BCUT2D eigenvalue weighted by Gasteiger charge is 2.37. The summed E-state index contributed by atoms with van der Waals surface area (Å²) >= 11 is 0. The number of pyridine rings is 1. The molecule has 0 aliphatic rings. The topological polar surface area (TPSA) is 43.1 Å². The van der Waals surface area contributed by atoms with Crippen molar-refractivity contribution < 1.29 is 30.7 Å². The van der Waals surface area contributed by atoms with E-state index in [4.69, 9.17) is 0 Å². The second-order valence-corrected chi connectivity index (χ2v) is 7.15. The van der Waals surface area contributed by atoms with E-state index in [0.717, 1.165) is 6.07 Å². The average molecular weight is 454 g/mol. The van der Waals surface area contributed by atoms with E-state index in [2.05, 4.69) is 15.1 Å². The van der Waals surface area contributed by atoms with Gasteiger partial charge in [0.2, 0.25) is 0 Å². The molecule has 3 aromatic heterocycles. The van der Waals surface area contributed by atoms with Crippen molar-refractivity contribution in [3.63, 3.8) is 0 Å². The number of aromatic nitrogens is 4. The Balaban J connectivity index is 1.98. The molecule has 0 saturated carbocycles. The minimum atomic E-state index is -4.94. The molecule has 0 atom stereocenters. The van der Waals surface area contributed by atoms with Crippen LogP contribution in [0.1, 0.15) is 22.6 Å². The highest BCUT2D eigenvalue weighted by atomic mass is 19.4. The summed E-state index contributed by atoms with van der Waals surface area (Å²) in [5.74, 6) is -1.61. The van der Waals surface area contributed by atoms with Gasteiger partial charge in [-0.1, -0.05) is 6.07 Å². The Labute approximate surface area is 176 Å². The number of aryl methyl sites for hydroxylation is 2. The number of fused-ring (bicyclic) bond motifs is 1. The standard InChI is InChI=1S/C21H13F7N4/c1-10-5-13(6-11(2)30-10)14-9-29-32-18(21(26,27)28)8-17(31-19(14)32)12-3-4-15(16(22)7-12)20(23,24)25/h3-9H,1-2H3. The van der Waals surface area contributed by atoms with Crippen LogP contribution in [-0.4, -0.2) is 19.6 Å². The van der Waals surface area contributed by atoms with Gasteiger partial charge in [-0.25, -0.2) is 13.9 Å². The lowest BCUT2D eigenvalue weighted by Gasteiger charge is -2.13. The molecule has 0 aliphatic carbocycles. The number of alkyl halides is 6. The maximum Gasteiger partial charge on any atom is 0.433 e. The first-order valence-electron chi connectivity index (χ1n) is 9.13. The molecule has 0 radical (unpaired) electrons. The number of nitrogens with zero attached hydrogens (tertiary/aromatic N) is 4. The van der Waals surface area contributed by atoms with E-state index < -0.39 is 29.4 Å². The first kappa shape index (κ1) is 21.7. The molecule has 32 heavy (non-hydrogen) atoms. The molecule has 0 fully saturated rings. The first-order valence-corrected chi connectivity index (χ1v) is 9.13. The van der Waals surface area contributed by atoms with E-state index >= 15 is 0 Å². The summed E-state index contributed by atoms with van der Waals surface area (Å²) < 4.78 is 94.4. The van der Waals surface area contributed by atoms with Gasteiger partial charge in [-0.2, -0.15) is 31.4 Å². The summed E-state index contributed by atoms with van der Waals surface area (Å²) in [6.07, 6.45) is -8.58. The zero-order valence-electron chi connectivity index (χ0n) is 16.5. The molecule has 3 heterocycles. The van der Waals surface area contributed by atoms with Gasteiger partial charge in [0.05, 0.1) is 17.5 Å². The zero-order valence-corrected chi connectivity index (χ0v) is 16.5. The first-order chi connectivity index (χ1) is 14.8. The number of benzene rings is 1. The Morgan fingerprint density at radius 1 is 0.781 bits per heavy atom. The van der Waals surface area contributed by atoms with E-state index in [1.54, 1.807) is 26.0 Å².